The minimum Gasteiger partial charge on any atom is -0.368 e. The molecule has 0 aliphatic carbocycles. The third kappa shape index (κ3) is 3.44. The van der Waals surface area contributed by atoms with E-state index < -0.39 is 0 Å². The summed E-state index contributed by atoms with van der Waals surface area (Å²) >= 11 is 0. The van der Waals surface area contributed by atoms with E-state index in [1.807, 2.05) is 4.90 Å². The maximum absolute atomic E-state index is 12.2. The van der Waals surface area contributed by atoms with Crippen LogP contribution in [0.1, 0.15) is 12.0 Å². The van der Waals surface area contributed by atoms with Gasteiger partial charge in [0.25, 0.3) is 0 Å². The zero-order chi connectivity index (χ0) is 15.4. The van der Waals surface area contributed by atoms with Crippen LogP contribution in [0.15, 0.2) is 36.9 Å². The predicted octanol–water partition coefficient (Wildman–Crippen LogP) is 1.33. The van der Waals surface area contributed by atoms with Crippen molar-refractivity contribution in [2.75, 3.05) is 31.1 Å². The van der Waals surface area contributed by atoms with Gasteiger partial charge in [0.05, 0.1) is 6.54 Å². The van der Waals surface area contributed by atoms with Crippen molar-refractivity contribution in [2.24, 2.45) is 0 Å². The van der Waals surface area contributed by atoms with Gasteiger partial charge in [-0.1, -0.05) is 12.1 Å². The number of aromatic nitrogens is 3. The first-order chi connectivity index (χ1) is 10.7. The van der Waals surface area contributed by atoms with Crippen molar-refractivity contribution >= 4 is 11.6 Å². The molecule has 0 radical (unpaired) electrons. The van der Waals surface area contributed by atoms with E-state index in [2.05, 4.69) is 46.2 Å². The van der Waals surface area contributed by atoms with Gasteiger partial charge in [0.2, 0.25) is 5.91 Å². The third-order valence-electron chi connectivity index (χ3n) is 4.02. The highest BCUT2D eigenvalue weighted by molar-refractivity contribution is 5.76. The number of hydrogen-bond acceptors (Lipinski definition) is 4. The summed E-state index contributed by atoms with van der Waals surface area (Å²) in [4.78, 5) is 20.4. The lowest BCUT2D eigenvalue weighted by Gasteiger charge is -2.36. The Kier molecular flexibility index (Phi) is 4.37. The number of rotatable bonds is 4. The van der Waals surface area contributed by atoms with Gasteiger partial charge in [-0.25, -0.2) is 4.98 Å². The summed E-state index contributed by atoms with van der Waals surface area (Å²) in [6.45, 7) is 6.04. The maximum atomic E-state index is 12.2. The molecule has 0 unspecified atom stereocenters. The van der Waals surface area contributed by atoms with E-state index in [0.29, 0.717) is 13.0 Å². The Balaban J connectivity index is 1.49. The summed E-state index contributed by atoms with van der Waals surface area (Å²) in [5, 5.41) is 4.02. The van der Waals surface area contributed by atoms with Gasteiger partial charge in [-0.15, -0.1) is 0 Å². The van der Waals surface area contributed by atoms with Crippen LogP contribution in [-0.4, -0.2) is 51.8 Å². The van der Waals surface area contributed by atoms with Gasteiger partial charge in [0.15, 0.2) is 0 Å². The van der Waals surface area contributed by atoms with Gasteiger partial charge in [0, 0.05) is 38.3 Å². The molecule has 0 atom stereocenters. The summed E-state index contributed by atoms with van der Waals surface area (Å²) in [5.74, 6) is 0.194. The maximum Gasteiger partial charge on any atom is 0.224 e. The number of hydrogen-bond donors (Lipinski definition) is 0. The molecule has 1 aromatic heterocycles. The molecule has 2 aromatic rings. The molecular weight excluding hydrogens is 278 g/mol. The molecule has 0 bridgehead atoms. The Morgan fingerprint density at radius 1 is 1.23 bits per heavy atom. The van der Waals surface area contributed by atoms with Crippen LogP contribution in [0, 0.1) is 6.92 Å². The second kappa shape index (κ2) is 6.60. The van der Waals surface area contributed by atoms with Crippen LogP contribution in [0.3, 0.4) is 0 Å². The van der Waals surface area contributed by atoms with Gasteiger partial charge < -0.3 is 9.80 Å². The van der Waals surface area contributed by atoms with E-state index in [1.54, 1.807) is 11.0 Å². The number of carbonyl (C=O) groups excluding carboxylic acids is 1. The van der Waals surface area contributed by atoms with Crippen LogP contribution in [0.5, 0.6) is 0 Å². The lowest BCUT2D eigenvalue weighted by molar-refractivity contribution is -0.131. The summed E-state index contributed by atoms with van der Waals surface area (Å²) in [6.07, 6.45) is 3.61. The molecule has 1 fully saturated rings. The lowest BCUT2D eigenvalue weighted by Crippen LogP contribution is -2.49. The number of carbonyl (C=O) groups is 1. The van der Waals surface area contributed by atoms with E-state index in [-0.39, 0.29) is 5.91 Å². The smallest absolute Gasteiger partial charge is 0.224 e. The van der Waals surface area contributed by atoms with Crippen LogP contribution in [0.2, 0.25) is 0 Å². The molecule has 1 aromatic carbocycles. The Labute approximate surface area is 130 Å². The largest absolute Gasteiger partial charge is 0.368 e. The Morgan fingerprint density at radius 2 is 2.05 bits per heavy atom. The number of aryl methyl sites for hydroxylation is 2. The fourth-order valence-electron chi connectivity index (χ4n) is 2.76. The van der Waals surface area contributed by atoms with Crippen molar-refractivity contribution in [1.29, 1.82) is 0 Å². The van der Waals surface area contributed by atoms with Crippen LogP contribution in [-0.2, 0) is 11.3 Å². The SMILES string of the molecule is Cc1cccc(N2CCN(C(=O)CCn3cncn3)CC2)c1. The normalized spacial score (nSPS) is 15.1. The monoisotopic (exact) mass is 299 g/mol. The van der Waals surface area contributed by atoms with E-state index in [0.717, 1.165) is 26.2 Å². The van der Waals surface area contributed by atoms with E-state index >= 15 is 0 Å². The van der Waals surface area contributed by atoms with Crippen molar-refractivity contribution in [3.8, 4) is 0 Å². The standard InChI is InChI=1S/C16H21N5O/c1-14-3-2-4-15(11-14)19-7-9-20(10-8-19)16(22)5-6-21-13-17-12-18-21/h2-4,11-13H,5-10H2,1H3. The molecule has 6 nitrogen and oxygen atoms in total. The van der Waals surface area contributed by atoms with Crippen LogP contribution >= 0.6 is 0 Å². The highest BCUT2D eigenvalue weighted by Gasteiger charge is 2.21. The fraction of sp³-hybridized carbons (Fsp3) is 0.438. The second-order valence-electron chi connectivity index (χ2n) is 5.62. The molecule has 0 saturated carbocycles. The molecule has 1 aliphatic rings. The Hall–Kier alpha value is -2.37. The Bertz CT molecular complexity index is 617. The average Bonchev–Trinajstić information content (AvgIpc) is 3.06. The summed E-state index contributed by atoms with van der Waals surface area (Å²) in [6, 6.07) is 8.52. The average molecular weight is 299 g/mol. The quantitative estimate of drug-likeness (QED) is 0.854. The highest BCUT2D eigenvalue weighted by Crippen LogP contribution is 2.18. The zero-order valence-electron chi connectivity index (χ0n) is 12.9. The molecule has 0 spiro atoms. The molecule has 1 aliphatic heterocycles. The van der Waals surface area contributed by atoms with Crippen LogP contribution in [0.25, 0.3) is 0 Å². The topological polar surface area (TPSA) is 54.3 Å². The van der Waals surface area contributed by atoms with Crippen LogP contribution < -0.4 is 4.90 Å². The van der Waals surface area contributed by atoms with Crippen molar-refractivity contribution in [3.05, 3.63) is 42.5 Å². The fourth-order valence-corrected chi connectivity index (χ4v) is 2.76. The van der Waals surface area contributed by atoms with E-state index in [9.17, 15) is 4.79 Å². The van der Waals surface area contributed by atoms with Gasteiger partial charge in [0.1, 0.15) is 12.7 Å². The molecule has 22 heavy (non-hydrogen) atoms. The predicted molar refractivity (Wildman–Crippen MR) is 84.6 cm³/mol. The van der Waals surface area contributed by atoms with Crippen molar-refractivity contribution < 1.29 is 4.79 Å². The molecule has 2 heterocycles. The van der Waals surface area contributed by atoms with Gasteiger partial charge in [-0.3, -0.25) is 9.48 Å². The van der Waals surface area contributed by atoms with Gasteiger partial charge in [-0.05, 0) is 24.6 Å². The molecule has 0 N–H and O–H groups in total. The van der Waals surface area contributed by atoms with E-state index in [1.165, 1.54) is 17.6 Å². The van der Waals surface area contributed by atoms with Crippen molar-refractivity contribution in [2.45, 2.75) is 19.9 Å². The molecule has 1 saturated heterocycles. The molecule has 1 amide bonds. The molecular formula is C16H21N5O. The number of benzene rings is 1. The third-order valence-corrected chi connectivity index (χ3v) is 4.02. The minimum atomic E-state index is 0.194. The first-order valence-electron chi connectivity index (χ1n) is 7.64. The summed E-state index contributed by atoms with van der Waals surface area (Å²) in [7, 11) is 0. The number of amides is 1. The molecule has 6 heteroatoms. The second-order valence-corrected chi connectivity index (χ2v) is 5.62. The summed E-state index contributed by atoms with van der Waals surface area (Å²) < 4.78 is 1.70. The van der Waals surface area contributed by atoms with Gasteiger partial charge in [-0.2, -0.15) is 5.10 Å². The lowest BCUT2D eigenvalue weighted by atomic mass is 10.2. The van der Waals surface area contributed by atoms with Crippen molar-refractivity contribution in [1.82, 2.24) is 19.7 Å². The molecule has 116 valence electrons. The molecule has 3 rings (SSSR count). The van der Waals surface area contributed by atoms with Crippen LogP contribution in [0.4, 0.5) is 5.69 Å². The zero-order valence-corrected chi connectivity index (χ0v) is 12.9. The number of nitrogens with zero attached hydrogens (tertiary/aromatic N) is 5. The first kappa shape index (κ1) is 14.6. The van der Waals surface area contributed by atoms with E-state index in [4.69, 9.17) is 0 Å². The summed E-state index contributed by atoms with van der Waals surface area (Å²) in [5.41, 5.74) is 2.51. The highest BCUT2D eigenvalue weighted by atomic mass is 16.2. The van der Waals surface area contributed by atoms with Crippen molar-refractivity contribution in [3.63, 3.8) is 0 Å². The number of piperazine rings is 1. The number of anilines is 1. The minimum absolute atomic E-state index is 0.194. The van der Waals surface area contributed by atoms with Gasteiger partial charge >= 0.3 is 0 Å². The Morgan fingerprint density at radius 3 is 2.73 bits per heavy atom. The first-order valence-corrected chi connectivity index (χ1v) is 7.64.